The Hall–Kier alpha value is -2.56. The van der Waals surface area contributed by atoms with Crippen LogP contribution < -0.4 is 11.3 Å². The fraction of sp³-hybridized carbons (Fsp3) is 0.200. The molecule has 0 saturated heterocycles. The lowest BCUT2D eigenvalue weighted by Crippen LogP contribution is -2.21. The van der Waals surface area contributed by atoms with Gasteiger partial charge in [0.1, 0.15) is 5.70 Å². The monoisotopic (exact) mass is 272 g/mol. The number of carbonyl (C=O) groups excluding carboxylic acids is 1. The smallest absolute Gasteiger partial charge is 0.354 e. The fourth-order valence-corrected chi connectivity index (χ4v) is 1.99. The number of rotatable bonds is 3. The maximum absolute atomic E-state index is 12.2. The van der Waals surface area contributed by atoms with Crippen LogP contribution in [-0.4, -0.2) is 17.1 Å². The van der Waals surface area contributed by atoms with E-state index in [1.54, 1.807) is 20.0 Å². The zero-order valence-corrected chi connectivity index (χ0v) is 11.4. The number of aromatic nitrogens is 1. The van der Waals surface area contributed by atoms with Gasteiger partial charge in [-0.25, -0.2) is 4.79 Å². The van der Waals surface area contributed by atoms with Crippen LogP contribution in [0, 0.1) is 0 Å². The SMILES string of the molecule is CCOC(=O)/C(N)=C/c1cc2ccccc2n(C)c1=O. The van der Waals surface area contributed by atoms with Crippen molar-refractivity contribution in [1.82, 2.24) is 4.57 Å². The minimum absolute atomic E-state index is 0.0840. The van der Waals surface area contributed by atoms with Crippen molar-refractivity contribution in [2.75, 3.05) is 6.61 Å². The van der Waals surface area contributed by atoms with Crippen LogP contribution in [0.1, 0.15) is 12.5 Å². The molecule has 20 heavy (non-hydrogen) atoms. The van der Waals surface area contributed by atoms with Crippen LogP contribution in [0.2, 0.25) is 0 Å². The van der Waals surface area contributed by atoms with E-state index in [1.165, 1.54) is 10.6 Å². The van der Waals surface area contributed by atoms with Crippen LogP contribution in [0.15, 0.2) is 40.8 Å². The van der Waals surface area contributed by atoms with Crippen molar-refractivity contribution in [3.8, 4) is 0 Å². The number of carbonyl (C=O) groups is 1. The molecule has 2 rings (SSSR count). The molecule has 0 saturated carbocycles. The van der Waals surface area contributed by atoms with Crippen molar-refractivity contribution in [2.24, 2.45) is 12.8 Å². The van der Waals surface area contributed by atoms with Crippen molar-refractivity contribution in [2.45, 2.75) is 6.92 Å². The number of pyridine rings is 1. The first kappa shape index (κ1) is 13.9. The van der Waals surface area contributed by atoms with Gasteiger partial charge in [-0.05, 0) is 30.5 Å². The van der Waals surface area contributed by atoms with Gasteiger partial charge in [-0.15, -0.1) is 0 Å². The molecule has 0 radical (unpaired) electrons. The second-order valence-electron chi connectivity index (χ2n) is 4.34. The van der Waals surface area contributed by atoms with E-state index in [2.05, 4.69) is 0 Å². The number of para-hydroxylation sites is 1. The summed E-state index contributed by atoms with van der Waals surface area (Å²) in [6, 6.07) is 9.22. The number of aryl methyl sites for hydroxylation is 1. The molecule has 2 N–H and O–H groups in total. The third-order valence-electron chi connectivity index (χ3n) is 2.98. The Morgan fingerprint density at radius 3 is 2.80 bits per heavy atom. The number of nitrogens with two attached hydrogens (primary N) is 1. The standard InChI is InChI=1S/C15H16N2O3/c1-3-20-15(19)12(16)9-11-8-10-6-4-5-7-13(10)17(2)14(11)18/h4-9H,3,16H2,1-2H3/b12-9-. The quantitative estimate of drug-likeness (QED) is 0.677. The summed E-state index contributed by atoms with van der Waals surface area (Å²) in [6.45, 7) is 1.93. The third kappa shape index (κ3) is 2.56. The summed E-state index contributed by atoms with van der Waals surface area (Å²) in [7, 11) is 1.68. The average molecular weight is 272 g/mol. The predicted octanol–water partition coefficient (Wildman–Crippen LogP) is 1.40. The summed E-state index contributed by atoms with van der Waals surface area (Å²) in [5, 5.41) is 0.900. The number of fused-ring (bicyclic) bond motifs is 1. The van der Waals surface area contributed by atoms with Crippen LogP contribution in [0.3, 0.4) is 0 Å². The molecule has 0 amide bonds. The van der Waals surface area contributed by atoms with Crippen LogP contribution in [0.5, 0.6) is 0 Å². The van der Waals surface area contributed by atoms with Crippen LogP contribution in [0.4, 0.5) is 0 Å². The van der Waals surface area contributed by atoms with Crippen LogP contribution in [0.25, 0.3) is 17.0 Å². The lowest BCUT2D eigenvalue weighted by molar-refractivity contribution is -0.138. The fourth-order valence-electron chi connectivity index (χ4n) is 1.99. The van der Waals surface area contributed by atoms with Crippen molar-refractivity contribution in [1.29, 1.82) is 0 Å². The zero-order chi connectivity index (χ0) is 14.7. The highest BCUT2D eigenvalue weighted by Gasteiger charge is 2.09. The van der Waals surface area contributed by atoms with Crippen molar-refractivity contribution < 1.29 is 9.53 Å². The van der Waals surface area contributed by atoms with Gasteiger partial charge in [-0.1, -0.05) is 18.2 Å². The Morgan fingerprint density at radius 2 is 2.10 bits per heavy atom. The molecule has 0 spiro atoms. The number of esters is 1. The van der Waals surface area contributed by atoms with E-state index in [0.29, 0.717) is 5.56 Å². The largest absolute Gasteiger partial charge is 0.461 e. The molecule has 1 heterocycles. The summed E-state index contributed by atoms with van der Waals surface area (Å²) in [5.74, 6) is -0.622. The first-order valence-electron chi connectivity index (χ1n) is 6.27. The summed E-state index contributed by atoms with van der Waals surface area (Å²) in [6.07, 6.45) is 1.35. The van der Waals surface area contributed by atoms with Crippen molar-refractivity contribution in [3.63, 3.8) is 0 Å². The highest BCUT2D eigenvalue weighted by molar-refractivity contribution is 5.93. The Labute approximate surface area is 116 Å². The van der Waals surface area contributed by atoms with Gasteiger partial charge in [0.05, 0.1) is 12.1 Å². The van der Waals surface area contributed by atoms with Gasteiger partial charge in [-0.3, -0.25) is 4.79 Å². The zero-order valence-electron chi connectivity index (χ0n) is 11.4. The molecular weight excluding hydrogens is 256 g/mol. The molecule has 1 aromatic heterocycles. The van der Waals surface area contributed by atoms with E-state index in [4.69, 9.17) is 10.5 Å². The molecule has 0 aliphatic heterocycles. The number of nitrogens with zero attached hydrogens (tertiary/aromatic N) is 1. The van der Waals surface area contributed by atoms with Crippen molar-refractivity contribution >= 4 is 22.9 Å². The first-order chi connectivity index (χ1) is 9.54. The molecule has 0 bridgehead atoms. The van der Waals surface area contributed by atoms with Crippen LogP contribution >= 0.6 is 0 Å². The van der Waals surface area contributed by atoms with E-state index in [0.717, 1.165) is 10.9 Å². The second kappa shape index (κ2) is 5.61. The lowest BCUT2D eigenvalue weighted by Gasteiger charge is -2.07. The van der Waals surface area contributed by atoms with E-state index in [9.17, 15) is 9.59 Å². The molecule has 0 fully saturated rings. The Kier molecular flexibility index (Phi) is 3.89. The summed E-state index contributed by atoms with van der Waals surface area (Å²) in [5.41, 5.74) is 6.52. The van der Waals surface area contributed by atoms with Crippen molar-refractivity contribution in [3.05, 3.63) is 51.9 Å². The molecule has 0 aliphatic rings. The van der Waals surface area contributed by atoms with Gasteiger partial charge in [0.15, 0.2) is 0 Å². The van der Waals surface area contributed by atoms with Gasteiger partial charge in [0.25, 0.3) is 5.56 Å². The minimum Gasteiger partial charge on any atom is -0.461 e. The molecule has 0 atom stereocenters. The maximum atomic E-state index is 12.2. The van der Waals surface area contributed by atoms with E-state index in [-0.39, 0.29) is 17.9 Å². The second-order valence-corrected chi connectivity index (χ2v) is 4.34. The Morgan fingerprint density at radius 1 is 1.40 bits per heavy atom. The van der Waals surface area contributed by atoms with Gasteiger partial charge >= 0.3 is 5.97 Å². The number of ether oxygens (including phenoxy) is 1. The van der Waals surface area contributed by atoms with E-state index < -0.39 is 5.97 Å². The molecule has 5 nitrogen and oxygen atoms in total. The Balaban J connectivity index is 2.56. The van der Waals surface area contributed by atoms with Crippen LogP contribution in [-0.2, 0) is 16.6 Å². The molecule has 104 valence electrons. The van der Waals surface area contributed by atoms with Gasteiger partial charge in [0.2, 0.25) is 0 Å². The lowest BCUT2D eigenvalue weighted by atomic mass is 10.1. The maximum Gasteiger partial charge on any atom is 0.354 e. The molecular formula is C15H16N2O3. The molecule has 5 heteroatoms. The topological polar surface area (TPSA) is 74.3 Å². The molecule has 0 unspecified atom stereocenters. The number of hydrogen-bond acceptors (Lipinski definition) is 4. The average Bonchev–Trinajstić information content (AvgIpc) is 2.44. The predicted molar refractivity (Wildman–Crippen MR) is 78.0 cm³/mol. The summed E-state index contributed by atoms with van der Waals surface area (Å²) >= 11 is 0. The summed E-state index contributed by atoms with van der Waals surface area (Å²) in [4.78, 5) is 23.7. The third-order valence-corrected chi connectivity index (χ3v) is 2.98. The van der Waals surface area contributed by atoms with E-state index >= 15 is 0 Å². The molecule has 0 aliphatic carbocycles. The Bertz CT molecular complexity index is 744. The van der Waals surface area contributed by atoms with Gasteiger partial charge in [0, 0.05) is 12.6 Å². The normalized spacial score (nSPS) is 11.6. The van der Waals surface area contributed by atoms with E-state index in [1.807, 2.05) is 24.3 Å². The first-order valence-corrected chi connectivity index (χ1v) is 6.27. The molecule has 2 aromatic rings. The molecule has 1 aromatic carbocycles. The number of benzene rings is 1. The highest BCUT2D eigenvalue weighted by atomic mass is 16.5. The highest BCUT2D eigenvalue weighted by Crippen LogP contribution is 2.13. The minimum atomic E-state index is -0.622. The van der Waals surface area contributed by atoms with Gasteiger partial charge in [-0.2, -0.15) is 0 Å². The van der Waals surface area contributed by atoms with Gasteiger partial charge < -0.3 is 15.0 Å². The number of hydrogen-bond donors (Lipinski definition) is 1. The summed E-state index contributed by atoms with van der Waals surface area (Å²) < 4.78 is 6.32.